The molecule has 0 saturated carbocycles. The van der Waals surface area contributed by atoms with Gasteiger partial charge in [0, 0.05) is 18.3 Å². The van der Waals surface area contributed by atoms with Crippen LogP contribution in [0.25, 0.3) is 0 Å². The summed E-state index contributed by atoms with van der Waals surface area (Å²) >= 11 is 1.63. The van der Waals surface area contributed by atoms with Gasteiger partial charge in [0.25, 0.3) is 5.91 Å². The molecule has 1 aromatic carbocycles. The van der Waals surface area contributed by atoms with E-state index in [0.29, 0.717) is 18.7 Å². The number of benzene rings is 1. The minimum atomic E-state index is -0.0272. The van der Waals surface area contributed by atoms with Crippen molar-refractivity contribution in [2.24, 2.45) is 0 Å². The zero-order valence-electron chi connectivity index (χ0n) is 14.1. The van der Waals surface area contributed by atoms with E-state index in [1.165, 1.54) is 0 Å². The molecule has 4 nitrogen and oxygen atoms in total. The van der Waals surface area contributed by atoms with Gasteiger partial charge >= 0.3 is 0 Å². The molecule has 0 bridgehead atoms. The van der Waals surface area contributed by atoms with E-state index in [1.807, 2.05) is 48.5 Å². The molecule has 0 spiro atoms. The fourth-order valence-corrected chi connectivity index (χ4v) is 3.19. The summed E-state index contributed by atoms with van der Waals surface area (Å²) in [6, 6.07) is 17.3. The van der Waals surface area contributed by atoms with Crippen molar-refractivity contribution in [1.29, 1.82) is 0 Å². The Balaban J connectivity index is 1.84. The maximum Gasteiger partial charge on any atom is 0.254 e. The van der Waals surface area contributed by atoms with E-state index in [-0.39, 0.29) is 5.91 Å². The Morgan fingerprint density at radius 2 is 1.96 bits per heavy atom. The van der Waals surface area contributed by atoms with Gasteiger partial charge in [-0.3, -0.25) is 4.79 Å². The minimum Gasteiger partial charge on any atom is -0.467 e. The second kappa shape index (κ2) is 8.53. The number of hydrogen-bond donors (Lipinski definition) is 0. The summed E-state index contributed by atoms with van der Waals surface area (Å²) in [5.41, 5.74) is 1.73. The van der Waals surface area contributed by atoms with Crippen LogP contribution >= 0.6 is 11.8 Å². The predicted molar refractivity (Wildman–Crippen MR) is 99.4 cm³/mol. The molecule has 0 saturated heterocycles. The van der Waals surface area contributed by atoms with Crippen LogP contribution in [-0.2, 0) is 13.1 Å². The molecule has 25 heavy (non-hydrogen) atoms. The van der Waals surface area contributed by atoms with E-state index in [0.717, 1.165) is 22.1 Å². The van der Waals surface area contributed by atoms with Gasteiger partial charge in [0.1, 0.15) is 5.76 Å². The van der Waals surface area contributed by atoms with E-state index < -0.39 is 0 Å². The van der Waals surface area contributed by atoms with Crippen LogP contribution in [0.1, 0.15) is 28.6 Å². The molecule has 1 amide bonds. The molecule has 0 aliphatic rings. The number of hydrogen-bond acceptors (Lipinski definition) is 4. The van der Waals surface area contributed by atoms with Crippen LogP contribution in [0.5, 0.6) is 0 Å². The van der Waals surface area contributed by atoms with Crippen LogP contribution in [0, 0.1) is 0 Å². The second-order valence-corrected chi connectivity index (χ2v) is 6.83. The Morgan fingerprint density at radius 1 is 1.12 bits per heavy atom. The van der Waals surface area contributed by atoms with Crippen molar-refractivity contribution >= 4 is 17.7 Å². The van der Waals surface area contributed by atoms with Crippen LogP contribution in [0.15, 0.2) is 76.5 Å². The standard InChI is InChI=1S/C20H20N2O2S/c1-2-25-19-13-17(10-11-21-19)20(23)22(15-18-9-6-12-24-18)14-16-7-4-3-5-8-16/h3-13H,2,14-15H2,1H3. The number of pyridine rings is 1. The number of rotatable bonds is 7. The smallest absolute Gasteiger partial charge is 0.254 e. The SMILES string of the molecule is CCSc1cc(C(=O)N(Cc2ccccc2)Cc2ccco2)ccn1. The van der Waals surface area contributed by atoms with Crippen molar-refractivity contribution in [3.63, 3.8) is 0 Å². The monoisotopic (exact) mass is 352 g/mol. The van der Waals surface area contributed by atoms with Crippen LogP contribution in [0.3, 0.4) is 0 Å². The first-order valence-electron chi connectivity index (χ1n) is 8.20. The third-order valence-corrected chi connectivity index (χ3v) is 4.51. The molecule has 2 aromatic heterocycles. The summed E-state index contributed by atoms with van der Waals surface area (Å²) in [6.07, 6.45) is 3.32. The normalized spacial score (nSPS) is 10.6. The molecule has 0 atom stereocenters. The van der Waals surface area contributed by atoms with Crippen molar-refractivity contribution in [3.05, 3.63) is 83.9 Å². The minimum absolute atomic E-state index is 0.0272. The molecule has 0 aliphatic heterocycles. The largest absolute Gasteiger partial charge is 0.467 e. The molecule has 0 unspecified atom stereocenters. The van der Waals surface area contributed by atoms with E-state index in [9.17, 15) is 4.79 Å². The van der Waals surface area contributed by atoms with Gasteiger partial charge in [-0.1, -0.05) is 37.3 Å². The van der Waals surface area contributed by atoms with Crippen molar-refractivity contribution < 1.29 is 9.21 Å². The first-order chi connectivity index (χ1) is 12.3. The van der Waals surface area contributed by atoms with Crippen molar-refractivity contribution in [2.75, 3.05) is 5.75 Å². The number of furan rings is 1. The molecule has 0 fully saturated rings. The summed E-state index contributed by atoms with van der Waals surface area (Å²) in [7, 11) is 0. The number of carbonyl (C=O) groups is 1. The fourth-order valence-electron chi connectivity index (χ4n) is 2.55. The van der Waals surface area contributed by atoms with Crippen LogP contribution < -0.4 is 0 Å². The second-order valence-electron chi connectivity index (χ2n) is 5.54. The van der Waals surface area contributed by atoms with Gasteiger partial charge in [-0.25, -0.2) is 4.98 Å². The molecule has 0 N–H and O–H groups in total. The van der Waals surface area contributed by atoms with Crippen molar-refractivity contribution in [3.8, 4) is 0 Å². The average molecular weight is 352 g/mol. The number of aromatic nitrogens is 1. The molecule has 2 heterocycles. The lowest BCUT2D eigenvalue weighted by atomic mass is 10.1. The lowest BCUT2D eigenvalue weighted by Crippen LogP contribution is -2.30. The molecule has 5 heteroatoms. The molecule has 0 aliphatic carbocycles. The first kappa shape index (κ1) is 17.3. The van der Waals surface area contributed by atoms with Gasteiger partial charge < -0.3 is 9.32 Å². The molecule has 0 radical (unpaired) electrons. The third-order valence-electron chi connectivity index (χ3n) is 3.70. The molecular formula is C20H20N2O2S. The van der Waals surface area contributed by atoms with Crippen LogP contribution in [0.2, 0.25) is 0 Å². The van der Waals surface area contributed by atoms with Crippen LogP contribution in [-0.4, -0.2) is 21.5 Å². The predicted octanol–water partition coefficient (Wildman–Crippen LogP) is 4.63. The van der Waals surface area contributed by atoms with Crippen molar-refractivity contribution in [2.45, 2.75) is 25.0 Å². The fraction of sp³-hybridized carbons (Fsp3) is 0.200. The van der Waals surface area contributed by atoms with Crippen LogP contribution in [0.4, 0.5) is 0 Å². The lowest BCUT2D eigenvalue weighted by molar-refractivity contribution is 0.0717. The van der Waals surface area contributed by atoms with Gasteiger partial charge in [-0.05, 0) is 35.6 Å². The summed E-state index contributed by atoms with van der Waals surface area (Å²) in [6.45, 7) is 3.03. The zero-order valence-corrected chi connectivity index (χ0v) is 14.9. The third kappa shape index (κ3) is 4.73. The number of thioether (sulfide) groups is 1. The Hall–Kier alpha value is -2.53. The Kier molecular flexibility index (Phi) is 5.90. The number of carbonyl (C=O) groups excluding carboxylic acids is 1. The highest BCUT2D eigenvalue weighted by Gasteiger charge is 2.18. The van der Waals surface area contributed by atoms with Crippen molar-refractivity contribution in [1.82, 2.24) is 9.88 Å². The van der Waals surface area contributed by atoms with Gasteiger partial charge in [-0.15, -0.1) is 11.8 Å². The van der Waals surface area contributed by atoms with E-state index in [4.69, 9.17) is 4.42 Å². The summed E-state index contributed by atoms with van der Waals surface area (Å²) < 4.78 is 5.44. The van der Waals surface area contributed by atoms with Gasteiger partial charge in [0.2, 0.25) is 0 Å². The maximum atomic E-state index is 13.1. The lowest BCUT2D eigenvalue weighted by Gasteiger charge is -2.22. The molecule has 3 rings (SSSR count). The van der Waals surface area contributed by atoms with E-state index in [1.54, 1.807) is 35.2 Å². The Bertz CT molecular complexity index is 804. The maximum absolute atomic E-state index is 13.1. The van der Waals surface area contributed by atoms with E-state index in [2.05, 4.69) is 11.9 Å². The molecule has 3 aromatic rings. The summed E-state index contributed by atoms with van der Waals surface area (Å²) in [4.78, 5) is 19.2. The summed E-state index contributed by atoms with van der Waals surface area (Å²) in [5.74, 6) is 1.66. The van der Waals surface area contributed by atoms with Gasteiger partial charge in [-0.2, -0.15) is 0 Å². The highest BCUT2D eigenvalue weighted by molar-refractivity contribution is 7.99. The Morgan fingerprint density at radius 3 is 2.68 bits per heavy atom. The van der Waals surface area contributed by atoms with Gasteiger partial charge in [0.15, 0.2) is 0 Å². The molecule has 128 valence electrons. The first-order valence-corrected chi connectivity index (χ1v) is 9.19. The number of nitrogens with zero attached hydrogens (tertiary/aromatic N) is 2. The average Bonchev–Trinajstić information content (AvgIpc) is 3.15. The summed E-state index contributed by atoms with van der Waals surface area (Å²) in [5, 5.41) is 0.867. The Labute approximate surface area is 151 Å². The molecular weight excluding hydrogens is 332 g/mol. The number of amides is 1. The highest BCUT2D eigenvalue weighted by atomic mass is 32.2. The topological polar surface area (TPSA) is 46.3 Å². The van der Waals surface area contributed by atoms with E-state index >= 15 is 0 Å². The quantitative estimate of drug-likeness (QED) is 0.582. The van der Waals surface area contributed by atoms with Gasteiger partial charge in [0.05, 0.1) is 17.8 Å². The zero-order chi connectivity index (χ0) is 17.5. The highest BCUT2D eigenvalue weighted by Crippen LogP contribution is 2.19.